The van der Waals surface area contributed by atoms with Crippen LogP contribution in [0.15, 0.2) is 45.9 Å². The third kappa shape index (κ3) is 4.29. The molecule has 1 aliphatic rings. The van der Waals surface area contributed by atoms with E-state index >= 15 is 0 Å². The zero-order valence-corrected chi connectivity index (χ0v) is 17.3. The van der Waals surface area contributed by atoms with Crippen molar-refractivity contribution in [1.82, 2.24) is 19.8 Å². The normalized spacial score (nSPS) is 15.9. The second kappa shape index (κ2) is 8.81. The Morgan fingerprint density at radius 3 is 2.73 bits per heavy atom. The van der Waals surface area contributed by atoms with Crippen LogP contribution in [0.1, 0.15) is 23.1 Å². The average molecular weight is 410 g/mol. The second-order valence-electron chi connectivity index (χ2n) is 7.57. The van der Waals surface area contributed by atoms with Crippen molar-refractivity contribution >= 4 is 16.8 Å². The first-order chi connectivity index (χ1) is 14.5. The van der Waals surface area contributed by atoms with Crippen molar-refractivity contribution in [2.45, 2.75) is 26.4 Å². The summed E-state index contributed by atoms with van der Waals surface area (Å²) in [6.45, 7) is 6.97. The van der Waals surface area contributed by atoms with E-state index in [1.54, 1.807) is 6.07 Å². The molecule has 1 amide bonds. The first-order valence-corrected chi connectivity index (χ1v) is 10.1. The molecule has 2 aromatic heterocycles. The number of amides is 1. The zero-order chi connectivity index (χ0) is 21.1. The van der Waals surface area contributed by atoms with Gasteiger partial charge in [-0.25, -0.2) is 4.98 Å². The Hall–Kier alpha value is -2.97. The number of ether oxygens (including phenoxy) is 1. The van der Waals surface area contributed by atoms with Crippen molar-refractivity contribution in [3.8, 4) is 0 Å². The Kier molecular flexibility index (Phi) is 5.96. The first kappa shape index (κ1) is 20.3. The molecule has 0 aliphatic carbocycles. The molecule has 4 rings (SSSR count). The minimum atomic E-state index is -0.243. The predicted octanol–water partition coefficient (Wildman–Crippen LogP) is 1.80. The largest absolute Gasteiger partial charge is 0.465 e. The fraction of sp³-hybridized carbons (Fsp3) is 0.409. The van der Waals surface area contributed by atoms with E-state index in [-0.39, 0.29) is 24.1 Å². The van der Waals surface area contributed by atoms with E-state index in [0.717, 1.165) is 30.2 Å². The fourth-order valence-corrected chi connectivity index (χ4v) is 3.80. The van der Waals surface area contributed by atoms with Gasteiger partial charge in [0.1, 0.15) is 18.1 Å². The summed E-state index contributed by atoms with van der Waals surface area (Å²) in [6, 6.07) is 9.26. The van der Waals surface area contributed by atoms with E-state index in [1.165, 1.54) is 10.9 Å². The van der Waals surface area contributed by atoms with E-state index in [2.05, 4.69) is 15.2 Å². The van der Waals surface area contributed by atoms with Crippen molar-refractivity contribution in [3.05, 3.63) is 64.1 Å². The smallest absolute Gasteiger partial charge is 0.261 e. The van der Waals surface area contributed by atoms with Crippen molar-refractivity contribution in [3.63, 3.8) is 0 Å². The van der Waals surface area contributed by atoms with Gasteiger partial charge in [-0.3, -0.25) is 19.1 Å². The lowest BCUT2D eigenvalue weighted by molar-refractivity contribution is -0.122. The van der Waals surface area contributed by atoms with Gasteiger partial charge in [0.2, 0.25) is 5.91 Å². The van der Waals surface area contributed by atoms with Crippen LogP contribution in [0.5, 0.6) is 0 Å². The minimum absolute atomic E-state index is 0.0806. The van der Waals surface area contributed by atoms with Crippen LogP contribution in [0.4, 0.5) is 0 Å². The van der Waals surface area contributed by atoms with Gasteiger partial charge < -0.3 is 14.5 Å². The Labute approximate surface area is 174 Å². The number of hydrogen-bond acceptors (Lipinski definition) is 6. The topological polar surface area (TPSA) is 89.6 Å². The third-order valence-electron chi connectivity index (χ3n) is 5.44. The number of benzene rings is 1. The molecule has 1 N–H and O–H groups in total. The van der Waals surface area contributed by atoms with Crippen LogP contribution in [0.3, 0.4) is 0 Å². The van der Waals surface area contributed by atoms with Gasteiger partial charge in [-0.15, -0.1) is 0 Å². The maximum absolute atomic E-state index is 12.7. The molecule has 3 aromatic rings. The van der Waals surface area contributed by atoms with Crippen LogP contribution in [-0.4, -0.2) is 53.2 Å². The molecule has 0 bridgehead atoms. The lowest BCUT2D eigenvalue weighted by atomic mass is 10.1. The van der Waals surface area contributed by atoms with Gasteiger partial charge in [-0.1, -0.05) is 12.1 Å². The molecule has 1 fully saturated rings. The molecule has 0 saturated carbocycles. The number of fused-ring (bicyclic) bond motifs is 1. The van der Waals surface area contributed by atoms with E-state index in [1.807, 2.05) is 38.1 Å². The van der Waals surface area contributed by atoms with Gasteiger partial charge in [0.15, 0.2) is 0 Å². The van der Waals surface area contributed by atoms with E-state index in [0.29, 0.717) is 30.7 Å². The lowest BCUT2D eigenvalue weighted by Crippen LogP contribution is -2.44. The summed E-state index contributed by atoms with van der Waals surface area (Å²) in [5.41, 5.74) is 1.38. The summed E-state index contributed by atoms with van der Waals surface area (Å²) in [5.74, 6) is 1.40. The van der Waals surface area contributed by atoms with Crippen LogP contribution in [0.2, 0.25) is 0 Å². The Balaban J connectivity index is 1.47. The predicted molar refractivity (Wildman–Crippen MR) is 112 cm³/mol. The number of nitrogens with one attached hydrogen (secondary N) is 1. The zero-order valence-electron chi connectivity index (χ0n) is 17.3. The number of hydrogen-bond donors (Lipinski definition) is 1. The molecule has 0 spiro atoms. The minimum Gasteiger partial charge on any atom is -0.465 e. The SMILES string of the molecule is Cc1ccc(C(CNC(=O)Cn2cnc3c(C)cccc3c2=O)N2CCOCC2)o1. The summed E-state index contributed by atoms with van der Waals surface area (Å²) < 4.78 is 12.6. The highest BCUT2D eigenvalue weighted by Gasteiger charge is 2.25. The molecule has 1 atom stereocenters. The summed E-state index contributed by atoms with van der Waals surface area (Å²) in [7, 11) is 0. The monoisotopic (exact) mass is 410 g/mol. The molecule has 1 unspecified atom stereocenters. The van der Waals surface area contributed by atoms with Gasteiger partial charge in [0, 0.05) is 19.6 Å². The van der Waals surface area contributed by atoms with E-state index in [9.17, 15) is 9.59 Å². The summed E-state index contributed by atoms with van der Waals surface area (Å²) >= 11 is 0. The lowest BCUT2D eigenvalue weighted by Gasteiger charge is -2.33. The molecular formula is C22H26N4O4. The molecule has 0 radical (unpaired) electrons. The molecule has 1 aromatic carbocycles. The van der Waals surface area contributed by atoms with Crippen LogP contribution in [0, 0.1) is 13.8 Å². The number of morpholine rings is 1. The van der Waals surface area contributed by atoms with Gasteiger partial charge >= 0.3 is 0 Å². The van der Waals surface area contributed by atoms with E-state index in [4.69, 9.17) is 9.15 Å². The van der Waals surface area contributed by atoms with Crippen LogP contribution in [0.25, 0.3) is 10.9 Å². The highest BCUT2D eigenvalue weighted by Crippen LogP contribution is 2.23. The maximum atomic E-state index is 12.7. The third-order valence-corrected chi connectivity index (χ3v) is 5.44. The number of para-hydroxylation sites is 1. The van der Waals surface area contributed by atoms with Gasteiger partial charge in [-0.2, -0.15) is 0 Å². The Morgan fingerprint density at radius 2 is 2.00 bits per heavy atom. The first-order valence-electron chi connectivity index (χ1n) is 10.1. The summed E-state index contributed by atoms with van der Waals surface area (Å²) in [6.07, 6.45) is 1.44. The summed E-state index contributed by atoms with van der Waals surface area (Å²) in [5, 5.41) is 3.47. The van der Waals surface area contributed by atoms with Crippen molar-refractivity contribution in [1.29, 1.82) is 0 Å². The average Bonchev–Trinajstić information content (AvgIpc) is 3.17. The molecule has 1 aliphatic heterocycles. The standard InChI is InChI=1S/C22H26N4O4/c1-15-4-3-5-17-21(15)24-14-26(22(17)28)13-20(27)23-12-18(19-7-6-16(2)30-19)25-8-10-29-11-9-25/h3-7,14,18H,8-13H2,1-2H3,(H,23,27). The Morgan fingerprint density at radius 1 is 1.20 bits per heavy atom. The van der Waals surface area contributed by atoms with E-state index < -0.39 is 0 Å². The van der Waals surface area contributed by atoms with Crippen molar-refractivity contribution in [2.75, 3.05) is 32.8 Å². The van der Waals surface area contributed by atoms with Crippen LogP contribution in [-0.2, 0) is 16.1 Å². The molecule has 8 nitrogen and oxygen atoms in total. The number of aromatic nitrogens is 2. The van der Waals surface area contributed by atoms with Gasteiger partial charge in [0.25, 0.3) is 5.56 Å². The molecular weight excluding hydrogens is 384 g/mol. The van der Waals surface area contributed by atoms with Crippen LogP contribution >= 0.6 is 0 Å². The quantitative estimate of drug-likeness (QED) is 0.667. The van der Waals surface area contributed by atoms with Gasteiger partial charge in [0.05, 0.1) is 36.5 Å². The number of furan rings is 1. The molecule has 158 valence electrons. The Bertz CT molecular complexity index is 1100. The number of nitrogens with zero attached hydrogens (tertiary/aromatic N) is 3. The molecule has 3 heterocycles. The second-order valence-corrected chi connectivity index (χ2v) is 7.57. The van der Waals surface area contributed by atoms with Crippen molar-refractivity contribution < 1.29 is 13.9 Å². The van der Waals surface area contributed by atoms with Gasteiger partial charge in [-0.05, 0) is 37.6 Å². The highest BCUT2D eigenvalue weighted by atomic mass is 16.5. The number of rotatable bonds is 6. The van der Waals surface area contributed by atoms with Crippen LogP contribution < -0.4 is 10.9 Å². The number of aryl methyl sites for hydroxylation is 2. The highest BCUT2D eigenvalue weighted by molar-refractivity contribution is 5.81. The molecule has 30 heavy (non-hydrogen) atoms. The number of carbonyl (C=O) groups is 1. The van der Waals surface area contributed by atoms with Crippen molar-refractivity contribution in [2.24, 2.45) is 0 Å². The molecule has 8 heteroatoms. The maximum Gasteiger partial charge on any atom is 0.261 e. The summed E-state index contributed by atoms with van der Waals surface area (Å²) in [4.78, 5) is 32.0. The molecule has 1 saturated heterocycles. The fourth-order valence-electron chi connectivity index (χ4n) is 3.80. The number of carbonyl (C=O) groups excluding carboxylic acids is 1.